The third-order valence-electron chi connectivity index (χ3n) is 5.46. The van der Waals surface area contributed by atoms with E-state index in [-0.39, 0.29) is 16.9 Å². The van der Waals surface area contributed by atoms with E-state index < -0.39 is 29.3 Å². The van der Waals surface area contributed by atoms with Crippen molar-refractivity contribution in [3.63, 3.8) is 0 Å². The second kappa shape index (κ2) is 8.06. The van der Waals surface area contributed by atoms with Crippen molar-refractivity contribution in [3.8, 4) is 0 Å². The summed E-state index contributed by atoms with van der Waals surface area (Å²) in [5.74, 6) is -3.10. The van der Waals surface area contributed by atoms with E-state index in [4.69, 9.17) is 27.6 Å². The van der Waals surface area contributed by atoms with Crippen molar-refractivity contribution in [2.75, 3.05) is 4.90 Å². The van der Waals surface area contributed by atoms with E-state index in [1.807, 2.05) is 0 Å². The van der Waals surface area contributed by atoms with Gasteiger partial charge in [-0.15, -0.1) is 0 Å². The molecule has 1 unspecified atom stereocenters. The molecule has 0 saturated carbocycles. The minimum atomic E-state index is -1.22. The number of hydrogen-bond acceptors (Lipinski definition) is 4. The Balaban J connectivity index is 1.67. The topological polar surface area (TPSA) is 70.8 Å². The smallest absolute Gasteiger partial charge is 0.294 e. The number of aliphatic hydroxyl groups excluding tert-OH is 1. The summed E-state index contributed by atoms with van der Waals surface area (Å²) in [4.78, 5) is 27.8. The zero-order valence-corrected chi connectivity index (χ0v) is 18.3. The van der Waals surface area contributed by atoms with Crippen molar-refractivity contribution in [2.24, 2.45) is 0 Å². The Morgan fingerprint density at radius 1 is 0.970 bits per heavy atom. The van der Waals surface area contributed by atoms with Crippen LogP contribution in [0.5, 0.6) is 0 Å². The van der Waals surface area contributed by atoms with Gasteiger partial charge in [0.1, 0.15) is 11.4 Å². The van der Waals surface area contributed by atoms with Crippen LogP contribution in [0, 0.1) is 5.82 Å². The standard InChI is InChI=1S/C25H14Cl2FNO4/c26-14-5-8-16(9-6-14)29-22(17-3-1-2-4-18(17)28)21(24(31)25(29)32)23(30)20-12-13-11-15(27)7-10-19(13)33-20/h1-12,22,31H. The maximum absolute atomic E-state index is 14.9. The van der Waals surface area contributed by atoms with Crippen LogP contribution in [0.2, 0.25) is 10.0 Å². The van der Waals surface area contributed by atoms with Crippen LogP contribution in [0.3, 0.4) is 0 Å². The monoisotopic (exact) mass is 481 g/mol. The molecule has 2 heterocycles. The number of carbonyl (C=O) groups is 2. The molecule has 1 atom stereocenters. The Morgan fingerprint density at radius 2 is 1.67 bits per heavy atom. The molecular weight excluding hydrogens is 468 g/mol. The van der Waals surface area contributed by atoms with Crippen LogP contribution < -0.4 is 4.90 Å². The predicted molar refractivity (Wildman–Crippen MR) is 123 cm³/mol. The molecule has 0 spiro atoms. The summed E-state index contributed by atoms with van der Waals surface area (Å²) in [6.45, 7) is 0. The molecule has 0 aliphatic carbocycles. The van der Waals surface area contributed by atoms with Crippen molar-refractivity contribution < 1.29 is 23.5 Å². The van der Waals surface area contributed by atoms with Gasteiger partial charge in [0.25, 0.3) is 5.91 Å². The molecule has 1 aliphatic heterocycles. The molecule has 5 rings (SSSR count). The van der Waals surface area contributed by atoms with Gasteiger partial charge in [-0.2, -0.15) is 0 Å². The largest absolute Gasteiger partial charge is 0.503 e. The van der Waals surface area contributed by atoms with Gasteiger partial charge >= 0.3 is 0 Å². The summed E-state index contributed by atoms with van der Waals surface area (Å²) in [6, 6.07) is 17.1. The molecule has 3 aromatic carbocycles. The second-order valence-electron chi connectivity index (χ2n) is 7.46. The highest BCUT2D eigenvalue weighted by molar-refractivity contribution is 6.31. The van der Waals surface area contributed by atoms with Crippen molar-refractivity contribution in [1.82, 2.24) is 0 Å². The predicted octanol–water partition coefficient (Wildman–Crippen LogP) is 6.66. The van der Waals surface area contributed by atoms with E-state index in [0.717, 1.165) is 4.90 Å². The number of amides is 1. The molecule has 33 heavy (non-hydrogen) atoms. The molecule has 1 aliphatic rings. The fourth-order valence-corrected chi connectivity index (χ4v) is 4.26. The number of furan rings is 1. The van der Waals surface area contributed by atoms with Crippen LogP contribution in [-0.2, 0) is 4.79 Å². The van der Waals surface area contributed by atoms with Crippen molar-refractivity contribution in [1.29, 1.82) is 0 Å². The van der Waals surface area contributed by atoms with Gasteiger partial charge in [-0.3, -0.25) is 14.5 Å². The Labute approximate surface area is 197 Å². The number of hydrogen-bond donors (Lipinski definition) is 1. The molecule has 0 fully saturated rings. The zero-order chi connectivity index (χ0) is 23.3. The Hall–Kier alpha value is -3.61. The zero-order valence-electron chi connectivity index (χ0n) is 16.8. The first-order chi connectivity index (χ1) is 15.8. The summed E-state index contributed by atoms with van der Waals surface area (Å²) < 4.78 is 20.5. The lowest BCUT2D eigenvalue weighted by molar-refractivity contribution is -0.117. The van der Waals surface area contributed by atoms with E-state index in [0.29, 0.717) is 26.7 Å². The van der Waals surface area contributed by atoms with Gasteiger partial charge in [0.2, 0.25) is 5.78 Å². The fraction of sp³-hybridized carbons (Fsp3) is 0.0400. The normalized spacial score (nSPS) is 16.2. The Kier molecular flexibility index (Phi) is 5.19. The van der Waals surface area contributed by atoms with E-state index in [2.05, 4.69) is 0 Å². The average Bonchev–Trinajstić information content (AvgIpc) is 3.33. The highest BCUT2D eigenvalue weighted by Gasteiger charge is 2.46. The number of fused-ring (bicyclic) bond motifs is 1. The van der Waals surface area contributed by atoms with Crippen molar-refractivity contribution in [2.45, 2.75) is 6.04 Å². The second-order valence-corrected chi connectivity index (χ2v) is 8.33. The number of benzene rings is 3. The van der Waals surface area contributed by atoms with Crippen LogP contribution in [-0.4, -0.2) is 16.8 Å². The van der Waals surface area contributed by atoms with E-state index in [1.54, 1.807) is 48.5 Å². The summed E-state index contributed by atoms with van der Waals surface area (Å²) >= 11 is 12.0. The Morgan fingerprint density at radius 3 is 2.39 bits per heavy atom. The van der Waals surface area contributed by atoms with Gasteiger partial charge in [-0.25, -0.2) is 4.39 Å². The van der Waals surface area contributed by atoms with Gasteiger partial charge in [0.15, 0.2) is 11.5 Å². The van der Waals surface area contributed by atoms with E-state index in [1.165, 1.54) is 24.3 Å². The third kappa shape index (κ3) is 3.57. The van der Waals surface area contributed by atoms with Gasteiger partial charge < -0.3 is 9.52 Å². The van der Waals surface area contributed by atoms with Gasteiger partial charge in [-0.05, 0) is 54.6 Å². The summed E-state index contributed by atoms with van der Waals surface area (Å²) in [7, 11) is 0. The number of ketones is 1. The highest BCUT2D eigenvalue weighted by Crippen LogP contribution is 2.43. The number of nitrogens with zero attached hydrogens (tertiary/aromatic N) is 1. The molecule has 1 N–H and O–H groups in total. The van der Waals surface area contributed by atoms with Crippen LogP contribution in [0.25, 0.3) is 11.0 Å². The maximum Gasteiger partial charge on any atom is 0.294 e. The number of anilines is 1. The van der Waals surface area contributed by atoms with Crippen LogP contribution >= 0.6 is 23.2 Å². The Bertz CT molecular complexity index is 1460. The number of aliphatic hydroxyl groups is 1. The SMILES string of the molecule is O=C(C1=C(O)C(=O)N(c2ccc(Cl)cc2)C1c1ccccc1F)c1cc2cc(Cl)ccc2o1. The lowest BCUT2D eigenvalue weighted by Gasteiger charge is -2.27. The molecule has 4 aromatic rings. The summed E-state index contributed by atoms with van der Waals surface area (Å²) in [5, 5.41) is 12.2. The maximum atomic E-state index is 14.9. The molecule has 164 valence electrons. The van der Waals surface area contributed by atoms with Gasteiger partial charge in [-0.1, -0.05) is 41.4 Å². The highest BCUT2D eigenvalue weighted by atomic mass is 35.5. The van der Waals surface area contributed by atoms with Gasteiger partial charge in [0, 0.05) is 26.7 Å². The molecule has 0 bridgehead atoms. The number of Topliss-reactive ketones (excluding diaryl/α,β-unsaturated/α-hetero) is 1. The van der Waals surface area contributed by atoms with E-state index >= 15 is 0 Å². The summed E-state index contributed by atoms with van der Waals surface area (Å²) in [6.07, 6.45) is 0. The van der Waals surface area contributed by atoms with Crippen LogP contribution in [0.15, 0.2) is 88.5 Å². The van der Waals surface area contributed by atoms with Crippen LogP contribution in [0.1, 0.15) is 22.2 Å². The molecule has 1 amide bonds. The molecular formula is C25H14Cl2FNO4. The molecule has 0 saturated heterocycles. The number of carbonyl (C=O) groups excluding carboxylic acids is 2. The minimum Gasteiger partial charge on any atom is -0.503 e. The van der Waals surface area contributed by atoms with E-state index in [9.17, 15) is 19.1 Å². The first-order valence-corrected chi connectivity index (χ1v) is 10.6. The quantitative estimate of drug-likeness (QED) is 0.330. The molecule has 5 nitrogen and oxygen atoms in total. The van der Waals surface area contributed by atoms with Crippen molar-refractivity contribution in [3.05, 3.63) is 111 Å². The first kappa shape index (κ1) is 21.2. The lowest BCUT2D eigenvalue weighted by atomic mass is 9.94. The summed E-state index contributed by atoms with van der Waals surface area (Å²) in [5.41, 5.74) is 0.505. The molecule has 0 radical (unpaired) electrons. The van der Waals surface area contributed by atoms with Crippen LogP contribution in [0.4, 0.5) is 10.1 Å². The molecule has 1 aromatic heterocycles. The number of halogens is 3. The lowest BCUT2D eigenvalue weighted by Crippen LogP contribution is -2.31. The number of rotatable bonds is 4. The fourth-order valence-electron chi connectivity index (χ4n) is 3.96. The first-order valence-electron chi connectivity index (χ1n) is 9.85. The average molecular weight is 482 g/mol. The minimum absolute atomic E-state index is 0.0485. The molecule has 8 heteroatoms. The van der Waals surface area contributed by atoms with Crippen molar-refractivity contribution >= 4 is 51.5 Å². The van der Waals surface area contributed by atoms with Gasteiger partial charge in [0.05, 0.1) is 11.6 Å². The third-order valence-corrected chi connectivity index (χ3v) is 5.95.